The molecule has 6 heteroatoms. The lowest BCUT2D eigenvalue weighted by Gasteiger charge is -2.05. The van der Waals surface area contributed by atoms with Crippen LogP contribution in [0.15, 0.2) is 33.7 Å². The normalized spacial score (nSPS) is 10.6. The van der Waals surface area contributed by atoms with E-state index >= 15 is 0 Å². The molecular weight excluding hydrogens is 296 g/mol. The molecule has 1 N–H and O–H groups in total. The van der Waals surface area contributed by atoms with Crippen LogP contribution in [0.3, 0.4) is 0 Å². The number of rotatable bonds is 5. The summed E-state index contributed by atoms with van der Waals surface area (Å²) in [5.41, 5.74) is 1.15. The quantitative estimate of drug-likeness (QED) is 0.678. The Balaban J connectivity index is 1.79. The summed E-state index contributed by atoms with van der Waals surface area (Å²) >= 11 is 7.48. The van der Waals surface area contributed by atoms with Crippen LogP contribution in [0.1, 0.15) is 21.8 Å². The molecule has 2 aromatic rings. The topological polar surface area (TPSA) is 55.1 Å². The second-order valence-electron chi connectivity index (χ2n) is 4.26. The zero-order valence-corrected chi connectivity index (χ0v) is 12.8. The molecule has 1 amide bonds. The average molecular weight is 311 g/mol. The van der Waals surface area contributed by atoms with Crippen LogP contribution in [0.5, 0.6) is 0 Å². The fourth-order valence-electron chi connectivity index (χ4n) is 1.76. The molecule has 0 aliphatic rings. The summed E-state index contributed by atoms with van der Waals surface area (Å²) in [5, 5.41) is 7.35. The Hall–Kier alpha value is -1.46. The zero-order chi connectivity index (χ0) is 14.5. The minimum atomic E-state index is -0.141. The van der Waals surface area contributed by atoms with E-state index in [4.69, 9.17) is 16.1 Å². The summed E-state index contributed by atoms with van der Waals surface area (Å²) in [6.45, 7) is 4.07. The van der Waals surface area contributed by atoms with Crippen molar-refractivity contribution in [1.82, 2.24) is 10.5 Å². The van der Waals surface area contributed by atoms with Crippen LogP contribution in [0, 0.1) is 13.8 Å². The van der Waals surface area contributed by atoms with Gasteiger partial charge in [-0.25, -0.2) is 0 Å². The number of thioether (sulfide) groups is 1. The van der Waals surface area contributed by atoms with E-state index in [1.165, 1.54) is 0 Å². The van der Waals surface area contributed by atoms with Crippen molar-refractivity contribution in [3.8, 4) is 0 Å². The van der Waals surface area contributed by atoms with Crippen molar-refractivity contribution in [2.45, 2.75) is 18.7 Å². The zero-order valence-electron chi connectivity index (χ0n) is 11.3. The SMILES string of the molecule is Cc1noc(C)c1C(=O)NCCSc1ccc(Cl)cc1. The molecule has 4 nitrogen and oxygen atoms in total. The maximum absolute atomic E-state index is 12.0. The van der Waals surface area contributed by atoms with Crippen molar-refractivity contribution in [3.63, 3.8) is 0 Å². The first-order valence-electron chi connectivity index (χ1n) is 6.17. The Morgan fingerprint density at radius 2 is 2.05 bits per heavy atom. The highest BCUT2D eigenvalue weighted by Crippen LogP contribution is 2.19. The van der Waals surface area contributed by atoms with Crippen molar-refractivity contribution in [3.05, 3.63) is 46.3 Å². The molecular formula is C14H15ClN2O2S. The van der Waals surface area contributed by atoms with Crippen LogP contribution in [-0.4, -0.2) is 23.4 Å². The third-order valence-corrected chi connectivity index (χ3v) is 4.00. The predicted molar refractivity (Wildman–Crippen MR) is 80.5 cm³/mol. The van der Waals surface area contributed by atoms with E-state index in [0.717, 1.165) is 15.7 Å². The molecule has 20 heavy (non-hydrogen) atoms. The molecule has 0 saturated carbocycles. The van der Waals surface area contributed by atoms with Gasteiger partial charge in [0.05, 0.1) is 5.69 Å². The van der Waals surface area contributed by atoms with Crippen LogP contribution in [-0.2, 0) is 0 Å². The van der Waals surface area contributed by atoms with Crippen LogP contribution in [0.2, 0.25) is 5.02 Å². The molecule has 0 radical (unpaired) electrons. The molecule has 0 spiro atoms. The van der Waals surface area contributed by atoms with Crippen molar-refractivity contribution in [1.29, 1.82) is 0 Å². The van der Waals surface area contributed by atoms with Crippen LogP contribution >= 0.6 is 23.4 Å². The number of nitrogens with one attached hydrogen (secondary N) is 1. The van der Waals surface area contributed by atoms with Crippen LogP contribution in [0.25, 0.3) is 0 Å². The number of benzene rings is 1. The highest BCUT2D eigenvalue weighted by molar-refractivity contribution is 7.99. The summed E-state index contributed by atoms with van der Waals surface area (Å²) < 4.78 is 4.97. The molecule has 0 fully saturated rings. The van der Waals surface area contributed by atoms with Crippen LogP contribution in [0.4, 0.5) is 0 Å². The van der Waals surface area contributed by atoms with Gasteiger partial charge < -0.3 is 9.84 Å². The van der Waals surface area contributed by atoms with Gasteiger partial charge in [0.15, 0.2) is 0 Å². The largest absolute Gasteiger partial charge is 0.361 e. The van der Waals surface area contributed by atoms with Gasteiger partial charge in [0.2, 0.25) is 0 Å². The van der Waals surface area contributed by atoms with Crippen molar-refractivity contribution < 1.29 is 9.32 Å². The van der Waals surface area contributed by atoms with Gasteiger partial charge in [-0.15, -0.1) is 11.8 Å². The second-order valence-corrected chi connectivity index (χ2v) is 5.86. The van der Waals surface area contributed by atoms with Crippen molar-refractivity contribution in [2.75, 3.05) is 12.3 Å². The lowest BCUT2D eigenvalue weighted by Crippen LogP contribution is -2.26. The average Bonchev–Trinajstić information content (AvgIpc) is 2.76. The number of amides is 1. The minimum Gasteiger partial charge on any atom is -0.361 e. The van der Waals surface area contributed by atoms with E-state index in [9.17, 15) is 4.79 Å². The van der Waals surface area contributed by atoms with Crippen LogP contribution < -0.4 is 5.32 Å². The first kappa shape index (κ1) is 14.9. The van der Waals surface area contributed by atoms with E-state index in [1.807, 2.05) is 24.3 Å². The molecule has 0 bridgehead atoms. The number of aromatic nitrogens is 1. The standard InChI is InChI=1S/C14H15ClN2O2S/c1-9-13(10(2)19-17-9)14(18)16-7-8-20-12-5-3-11(15)4-6-12/h3-6H,7-8H2,1-2H3,(H,16,18). The summed E-state index contributed by atoms with van der Waals surface area (Å²) in [4.78, 5) is 13.1. The molecule has 106 valence electrons. The molecule has 1 aromatic carbocycles. The second kappa shape index (κ2) is 6.81. The van der Waals surface area contributed by atoms with Gasteiger partial charge in [-0.05, 0) is 38.1 Å². The Morgan fingerprint density at radius 3 is 2.65 bits per heavy atom. The monoisotopic (exact) mass is 310 g/mol. The van der Waals surface area contributed by atoms with Gasteiger partial charge >= 0.3 is 0 Å². The Labute approximate surface area is 126 Å². The Kier molecular flexibility index (Phi) is 5.09. The van der Waals surface area contributed by atoms with Gasteiger partial charge in [-0.2, -0.15) is 0 Å². The number of nitrogens with zero attached hydrogens (tertiary/aromatic N) is 1. The van der Waals surface area contributed by atoms with Gasteiger partial charge in [0.25, 0.3) is 5.91 Å². The highest BCUT2D eigenvalue weighted by Gasteiger charge is 2.16. The number of hydrogen-bond acceptors (Lipinski definition) is 4. The molecule has 0 unspecified atom stereocenters. The highest BCUT2D eigenvalue weighted by atomic mass is 35.5. The molecule has 1 heterocycles. The number of carbonyl (C=O) groups excluding carboxylic acids is 1. The van der Waals surface area contributed by atoms with E-state index in [1.54, 1.807) is 25.6 Å². The van der Waals surface area contributed by atoms with E-state index in [2.05, 4.69) is 10.5 Å². The summed E-state index contributed by atoms with van der Waals surface area (Å²) in [6, 6.07) is 7.63. The third kappa shape index (κ3) is 3.77. The molecule has 0 atom stereocenters. The fraction of sp³-hybridized carbons (Fsp3) is 0.286. The summed E-state index contributed by atoms with van der Waals surface area (Å²) in [7, 11) is 0. The number of hydrogen-bond donors (Lipinski definition) is 1. The summed E-state index contributed by atoms with van der Waals surface area (Å²) in [6.07, 6.45) is 0. The van der Waals surface area contributed by atoms with Gasteiger partial charge in [-0.3, -0.25) is 4.79 Å². The third-order valence-electron chi connectivity index (χ3n) is 2.73. The molecule has 0 aliphatic carbocycles. The number of aryl methyl sites for hydroxylation is 2. The first-order chi connectivity index (χ1) is 9.58. The van der Waals surface area contributed by atoms with Gasteiger partial charge in [-0.1, -0.05) is 16.8 Å². The molecule has 0 aliphatic heterocycles. The van der Waals surface area contributed by atoms with Gasteiger partial charge in [0.1, 0.15) is 11.3 Å². The molecule has 0 saturated heterocycles. The molecule has 1 aromatic heterocycles. The van der Waals surface area contributed by atoms with Crippen molar-refractivity contribution in [2.24, 2.45) is 0 Å². The minimum absolute atomic E-state index is 0.141. The van der Waals surface area contributed by atoms with Crippen molar-refractivity contribution >= 4 is 29.3 Å². The Bertz CT molecular complexity index is 576. The maximum atomic E-state index is 12.0. The number of carbonyl (C=O) groups is 1. The Morgan fingerprint density at radius 1 is 1.35 bits per heavy atom. The number of halogens is 1. The summed E-state index contributed by atoms with van der Waals surface area (Å²) in [5.74, 6) is 1.19. The smallest absolute Gasteiger partial charge is 0.256 e. The maximum Gasteiger partial charge on any atom is 0.256 e. The molecule has 2 rings (SSSR count). The van der Waals surface area contributed by atoms with Gasteiger partial charge in [0, 0.05) is 22.2 Å². The van der Waals surface area contributed by atoms with E-state index in [-0.39, 0.29) is 5.91 Å². The van der Waals surface area contributed by atoms with E-state index in [0.29, 0.717) is 23.6 Å². The predicted octanol–water partition coefficient (Wildman–Crippen LogP) is 3.47. The lowest BCUT2D eigenvalue weighted by atomic mass is 10.2. The fourth-order valence-corrected chi connectivity index (χ4v) is 2.65. The van der Waals surface area contributed by atoms with E-state index < -0.39 is 0 Å². The lowest BCUT2D eigenvalue weighted by molar-refractivity contribution is 0.0954. The first-order valence-corrected chi connectivity index (χ1v) is 7.53.